The summed E-state index contributed by atoms with van der Waals surface area (Å²) in [5.41, 5.74) is 0. The van der Waals surface area contributed by atoms with Crippen LogP contribution in [0.15, 0.2) is 0 Å². The third kappa shape index (κ3) is 23.3. The van der Waals surface area contributed by atoms with Gasteiger partial charge in [-0.05, 0) is 0 Å². The molecule has 4 radical (unpaired) electrons. The standard InChI is InChI=1S/4HI.2Pb/h4*1H;;/q;;;;2*+2/p-4. The Labute approximate surface area is 98.3 Å². The van der Waals surface area contributed by atoms with Crippen molar-refractivity contribution in [3.8, 4) is 0 Å². The average molecular weight is 922 g/mol. The fraction of sp³-hybridized carbons (Fsp3) is 0. The molecule has 0 saturated heterocycles. The minimum absolute atomic E-state index is 0.0233. The second kappa shape index (κ2) is 16.4. The van der Waals surface area contributed by atoms with Crippen LogP contribution in [0.1, 0.15) is 0 Å². The Bertz CT molecular complexity index is 7.51. The van der Waals surface area contributed by atoms with Gasteiger partial charge in [-0.3, -0.25) is 0 Å². The van der Waals surface area contributed by atoms with Gasteiger partial charge in [0, 0.05) is 0 Å². The molecule has 0 aliphatic rings. The van der Waals surface area contributed by atoms with E-state index in [1.165, 1.54) is 0 Å². The summed E-state index contributed by atoms with van der Waals surface area (Å²) in [5, 5.41) is 0. The number of halogens is 4. The molecule has 0 saturated carbocycles. The maximum atomic E-state index is 2.47. The summed E-state index contributed by atoms with van der Waals surface area (Å²) in [6.07, 6.45) is 0. The summed E-state index contributed by atoms with van der Waals surface area (Å²) in [6.45, 7) is 0. The summed E-state index contributed by atoms with van der Waals surface area (Å²) in [5.74, 6) is 0. The summed E-state index contributed by atoms with van der Waals surface area (Å²) in [4.78, 5) is 0. The first-order valence-electron chi connectivity index (χ1n) is 0.756. The van der Waals surface area contributed by atoms with E-state index in [9.17, 15) is 0 Å². The Balaban J connectivity index is 0. The molecule has 0 N–H and O–H groups in total. The molecule has 36 valence electrons. The zero-order valence-electron chi connectivity index (χ0n) is 2.51. The molecule has 0 spiro atoms. The van der Waals surface area contributed by atoms with E-state index in [0.717, 1.165) is 0 Å². The Kier molecular flexibility index (Phi) is 36.5. The van der Waals surface area contributed by atoms with Crippen molar-refractivity contribution in [3.63, 3.8) is 0 Å². The molecule has 0 rings (SSSR count). The second-order valence-corrected chi connectivity index (χ2v) is 56.4. The zero-order chi connectivity index (χ0) is 5.41. The number of rotatable bonds is 0. The van der Waals surface area contributed by atoms with E-state index in [1.807, 2.05) is 0 Å². The second-order valence-electron chi connectivity index (χ2n) is 0.143. The van der Waals surface area contributed by atoms with Crippen molar-refractivity contribution < 1.29 is 0 Å². The van der Waals surface area contributed by atoms with Crippen LogP contribution in [0.5, 0.6) is 0 Å². The van der Waals surface area contributed by atoms with Crippen LogP contribution in [-0.2, 0) is 0 Å². The van der Waals surface area contributed by atoms with E-state index in [4.69, 9.17) is 0 Å². The van der Waals surface area contributed by atoms with Gasteiger partial charge in [-0.2, -0.15) is 0 Å². The van der Waals surface area contributed by atoms with E-state index >= 15 is 0 Å². The van der Waals surface area contributed by atoms with Gasteiger partial charge in [0.1, 0.15) is 0 Å². The van der Waals surface area contributed by atoms with E-state index < -0.39 is 0 Å². The van der Waals surface area contributed by atoms with Gasteiger partial charge >= 0.3 is 102 Å². The third-order valence-corrected chi connectivity index (χ3v) is 0. The van der Waals surface area contributed by atoms with E-state index in [0.29, 0.717) is 0 Å². The quantitative estimate of drug-likeness (QED) is 0.260. The van der Waals surface area contributed by atoms with E-state index in [2.05, 4.69) is 71.0 Å². The SMILES string of the molecule is [I][Pb][I].[I][Pb][I]. The van der Waals surface area contributed by atoms with Crippen LogP contribution in [-0.4, -0.2) is 31.3 Å². The first-order valence-corrected chi connectivity index (χ1v) is 44.5. The van der Waals surface area contributed by atoms with Gasteiger partial charge in [-0.1, -0.05) is 0 Å². The predicted octanol–water partition coefficient (Wildman–Crippen LogP) is 2.78. The molecule has 0 fully saturated rings. The maximum absolute atomic E-state index is 2.47. The van der Waals surface area contributed by atoms with Gasteiger partial charge in [-0.15, -0.1) is 0 Å². The van der Waals surface area contributed by atoms with Crippen LogP contribution in [0, 0.1) is 0 Å². The molecule has 0 unspecified atom stereocenters. The van der Waals surface area contributed by atoms with Crippen molar-refractivity contribution >= 4 is 102 Å². The summed E-state index contributed by atoms with van der Waals surface area (Å²) >= 11 is 9.92. The average Bonchev–Trinajstić information content (AvgIpc) is 1.39. The van der Waals surface area contributed by atoms with Crippen LogP contribution in [0.2, 0.25) is 0 Å². The molecular weight excluding hydrogens is 922 g/mol. The van der Waals surface area contributed by atoms with Crippen LogP contribution >= 0.6 is 71.0 Å². The Morgan fingerprint density at radius 2 is 0.667 bits per heavy atom. The molecule has 0 aromatic rings. The van der Waals surface area contributed by atoms with Crippen molar-refractivity contribution in [2.75, 3.05) is 0 Å². The Morgan fingerprint density at radius 1 is 0.667 bits per heavy atom. The zero-order valence-corrected chi connectivity index (χ0v) is 18.9. The first kappa shape index (κ1) is 13.4. The minimum atomic E-state index is 0.0233. The predicted molar refractivity (Wildman–Crippen MR) is 67.6 cm³/mol. The summed E-state index contributed by atoms with van der Waals surface area (Å²) < 4.78 is 0. The fourth-order valence-electron chi connectivity index (χ4n) is 0. The molecule has 0 aliphatic carbocycles. The summed E-state index contributed by atoms with van der Waals surface area (Å²) in [6, 6.07) is 0. The molecule has 0 aromatic heterocycles. The Hall–Kier alpha value is 4.76. The van der Waals surface area contributed by atoms with Gasteiger partial charge in [0.05, 0.1) is 0 Å². The number of hydrogen-bond acceptors (Lipinski definition) is 0. The van der Waals surface area contributed by atoms with Crippen molar-refractivity contribution in [3.05, 3.63) is 0 Å². The van der Waals surface area contributed by atoms with Crippen molar-refractivity contribution in [2.24, 2.45) is 0 Å². The topological polar surface area (TPSA) is 0 Å². The molecule has 0 amide bonds. The molecule has 0 heterocycles. The summed E-state index contributed by atoms with van der Waals surface area (Å²) in [7, 11) is 0. The fourth-order valence-corrected chi connectivity index (χ4v) is 0. The number of hydrogen-bond donors (Lipinski definition) is 0. The molecule has 0 nitrogen and oxygen atoms in total. The molecule has 0 atom stereocenters. The van der Waals surface area contributed by atoms with E-state index in [1.54, 1.807) is 0 Å². The van der Waals surface area contributed by atoms with Gasteiger partial charge in [-0.25, -0.2) is 0 Å². The molecule has 6 heavy (non-hydrogen) atoms. The Morgan fingerprint density at radius 3 is 0.667 bits per heavy atom. The van der Waals surface area contributed by atoms with Crippen LogP contribution in [0.4, 0.5) is 0 Å². The van der Waals surface area contributed by atoms with Gasteiger partial charge < -0.3 is 0 Å². The van der Waals surface area contributed by atoms with Crippen LogP contribution in [0.3, 0.4) is 0 Å². The van der Waals surface area contributed by atoms with Crippen LogP contribution in [0.25, 0.3) is 0 Å². The molecule has 6 heteroatoms. The van der Waals surface area contributed by atoms with Gasteiger partial charge in [0.25, 0.3) is 0 Å². The van der Waals surface area contributed by atoms with Crippen molar-refractivity contribution in [2.45, 2.75) is 0 Å². The van der Waals surface area contributed by atoms with Crippen molar-refractivity contribution in [1.82, 2.24) is 0 Å². The first-order chi connectivity index (χ1) is 2.83. The normalized spacial score (nSPS) is 6.00. The molecule has 0 bridgehead atoms. The molecular formula is I4Pb2. The third-order valence-electron chi connectivity index (χ3n) is 0. The molecule has 0 aromatic carbocycles. The van der Waals surface area contributed by atoms with Crippen LogP contribution < -0.4 is 0 Å². The molecule has 0 aliphatic heterocycles. The van der Waals surface area contributed by atoms with Crippen molar-refractivity contribution in [1.29, 1.82) is 0 Å². The monoisotopic (exact) mass is 924 g/mol. The van der Waals surface area contributed by atoms with Gasteiger partial charge in [0.2, 0.25) is 0 Å². The van der Waals surface area contributed by atoms with E-state index in [-0.39, 0.29) is 31.3 Å². The van der Waals surface area contributed by atoms with Gasteiger partial charge in [0.15, 0.2) is 0 Å².